The molecule has 1 saturated heterocycles. The molecule has 1 aliphatic heterocycles. The topological polar surface area (TPSA) is 57.2 Å². The van der Waals surface area contributed by atoms with Gasteiger partial charge in [-0.05, 0) is 73.1 Å². The molecule has 1 atom stereocenters. The van der Waals surface area contributed by atoms with E-state index in [1.54, 1.807) is 6.20 Å². The first-order valence-corrected chi connectivity index (χ1v) is 13.5. The van der Waals surface area contributed by atoms with Crippen molar-refractivity contribution in [3.05, 3.63) is 47.9 Å². The minimum atomic E-state index is 0.490. The Morgan fingerprint density at radius 2 is 1.89 bits per heavy atom. The Morgan fingerprint density at radius 1 is 1.11 bits per heavy atom. The molecule has 1 unspecified atom stereocenters. The highest BCUT2D eigenvalue weighted by Crippen LogP contribution is 2.42. The van der Waals surface area contributed by atoms with Crippen LogP contribution in [0.15, 0.2) is 36.8 Å². The van der Waals surface area contributed by atoms with Crippen molar-refractivity contribution in [3.63, 3.8) is 0 Å². The molecule has 3 aromatic rings. The van der Waals surface area contributed by atoms with Gasteiger partial charge in [0.05, 0.1) is 17.3 Å². The number of nitrogens with zero attached hydrogens (tertiary/aromatic N) is 5. The molecule has 0 radical (unpaired) electrons. The third kappa shape index (κ3) is 5.53. The van der Waals surface area contributed by atoms with Crippen LogP contribution >= 0.6 is 0 Å². The number of aromatic nitrogens is 3. The summed E-state index contributed by atoms with van der Waals surface area (Å²) in [4.78, 5) is 7.34. The average molecular weight is 472 g/mol. The molecule has 4 heterocycles. The van der Waals surface area contributed by atoms with E-state index in [2.05, 4.69) is 75.1 Å². The summed E-state index contributed by atoms with van der Waals surface area (Å²) in [6.07, 6.45) is 14.2. The minimum Gasteiger partial charge on any atom is -0.357 e. The van der Waals surface area contributed by atoms with Crippen molar-refractivity contribution in [3.8, 4) is 17.2 Å². The van der Waals surface area contributed by atoms with E-state index in [0.717, 1.165) is 54.3 Å². The fourth-order valence-electron chi connectivity index (χ4n) is 5.60. The summed E-state index contributed by atoms with van der Waals surface area (Å²) in [7, 11) is 0. The number of anilines is 1. The van der Waals surface area contributed by atoms with Gasteiger partial charge in [0.25, 0.3) is 0 Å². The maximum Gasteiger partial charge on any atom is 0.128 e. The number of hydrogen-bond acceptors (Lipinski definition) is 4. The molecule has 0 N–H and O–H groups in total. The van der Waals surface area contributed by atoms with Crippen LogP contribution < -0.4 is 4.90 Å². The molecule has 35 heavy (non-hydrogen) atoms. The quantitative estimate of drug-likeness (QED) is 0.329. The van der Waals surface area contributed by atoms with Gasteiger partial charge in [0.15, 0.2) is 0 Å². The molecule has 1 aliphatic rings. The predicted molar refractivity (Wildman–Crippen MR) is 145 cm³/mol. The van der Waals surface area contributed by atoms with E-state index in [0.29, 0.717) is 16.9 Å². The van der Waals surface area contributed by atoms with Crippen molar-refractivity contribution in [2.24, 2.45) is 17.3 Å². The Balaban J connectivity index is 1.57. The standard InChI is InChI=1S/C30H41N5/c1-6-23(5)17-30(7-2)12-14-34(15-13-30)28-11-10-25(19-32-28)27-16-24(9-8-22(3)4)21-35-29(27)26(18-31)20-33-35/h10-11,16,19-23H,6-9,12-15,17H2,1-5H3. The highest BCUT2D eigenvalue weighted by Gasteiger charge is 2.34. The van der Waals surface area contributed by atoms with Gasteiger partial charge in [-0.2, -0.15) is 10.4 Å². The van der Waals surface area contributed by atoms with E-state index in [4.69, 9.17) is 4.98 Å². The second-order valence-corrected chi connectivity index (χ2v) is 11.1. The first-order valence-electron chi connectivity index (χ1n) is 13.5. The molecule has 4 rings (SSSR count). The molecular formula is C30H41N5. The van der Waals surface area contributed by atoms with Crippen LogP contribution in [0.3, 0.4) is 0 Å². The van der Waals surface area contributed by atoms with Gasteiger partial charge in [0.2, 0.25) is 0 Å². The van der Waals surface area contributed by atoms with Gasteiger partial charge >= 0.3 is 0 Å². The van der Waals surface area contributed by atoms with Crippen LogP contribution in [0.1, 0.15) is 84.3 Å². The largest absolute Gasteiger partial charge is 0.357 e. The lowest BCUT2D eigenvalue weighted by Crippen LogP contribution is -2.41. The van der Waals surface area contributed by atoms with Crippen LogP contribution in [0.2, 0.25) is 0 Å². The number of piperidine rings is 1. The number of hydrogen-bond donors (Lipinski definition) is 0. The lowest BCUT2D eigenvalue weighted by molar-refractivity contribution is 0.159. The van der Waals surface area contributed by atoms with Crippen LogP contribution in [-0.2, 0) is 6.42 Å². The molecule has 186 valence electrons. The first kappa shape index (κ1) is 25.2. The Bertz CT molecular complexity index is 1160. The molecule has 0 bridgehead atoms. The predicted octanol–water partition coefficient (Wildman–Crippen LogP) is 7.29. The van der Waals surface area contributed by atoms with Gasteiger partial charge < -0.3 is 4.90 Å². The summed E-state index contributed by atoms with van der Waals surface area (Å²) in [6.45, 7) is 13.7. The summed E-state index contributed by atoms with van der Waals surface area (Å²) >= 11 is 0. The molecule has 1 fully saturated rings. The van der Waals surface area contributed by atoms with Gasteiger partial charge in [0.1, 0.15) is 11.9 Å². The molecular weight excluding hydrogens is 430 g/mol. The van der Waals surface area contributed by atoms with Gasteiger partial charge in [-0.3, -0.25) is 0 Å². The van der Waals surface area contributed by atoms with Crippen LogP contribution in [-0.4, -0.2) is 27.7 Å². The molecule has 0 spiro atoms. The molecule has 5 nitrogen and oxygen atoms in total. The zero-order valence-corrected chi connectivity index (χ0v) is 22.2. The minimum absolute atomic E-state index is 0.490. The van der Waals surface area contributed by atoms with Crippen molar-refractivity contribution < 1.29 is 0 Å². The highest BCUT2D eigenvalue weighted by molar-refractivity contribution is 5.84. The Labute approximate surface area is 211 Å². The van der Waals surface area contributed by atoms with E-state index in [-0.39, 0.29) is 0 Å². The third-order valence-corrected chi connectivity index (χ3v) is 8.23. The maximum absolute atomic E-state index is 9.66. The van der Waals surface area contributed by atoms with Crippen molar-refractivity contribution in [2.45, 2.75) is 79.6 Å². The van der Waals surface area contributed by atoms with E-state index >= 15 is 0 Å². The Kier molecular flexibility index (Phi) is 7.79. The zero-order chi connectivity index (χ0) is 25.0. The van der Waals surface area contributed by atoms with Crippen LogP contribution in [0.25, 0.3) is 16.6 Å². The van der Waals surface area contributed by atoms with Gasteiger partial charge in [-0.15, -0.1) is 0 Å². The summed E-state index contributed by atoms with van der Waals surface area (Å²) in [5.41, 5.74) is 5.28. The van der Waals surface area contributed by atoms with Crippen LogP contribution in [0.5, 0.6) is 0 Å². The monoisotopic (exact) mass is 471 g/mol. The van der Waals surface area contributed by atoms with Crippen molar-refractivity contribution in [1.82, 2.24) is 14.6 Å². The molecule has 5 heteroatoms. The van der Waals surface area contributed by atoms with E-state index < -0.39 is 0 Å². The van der Waals surface area contributed by atoms with Crippen molar-refractivity contribution in [2.75, 3.05) is 18.0 Å². The van der Waals surface area contributed by atoms with Crippen LogP contribution in [0.4, 0.5) is 5.82 Å². The Morgan fingerprint density at radius 3 is 2.49 bits per heavy atom. The van der Waals surface area contributed by atoms with E-state index in [1.807, 2.05) is 10.7 Å². The number of nitriles is 1. The summed E-state index contributed by atoms with van der Waals surface area (Å²) < 4.78 is 1.86. The first-order chi connectivity index (χ1) is 16.9. The van der Waals surface area contributed by atoms with E-state index in [9.17, 15) is 5.26 Å². The number of rotatable bonds is 9. The summed E-state index contributed by atoms with van der Waals surface area (Å²) in [6, 6.07) is 8.86. The van der Waals surface area contributed by atoms with Gasteiger partial charge in [0, 0.05) is 36.6 Å². The van der Waals surface area contributed by atoms with Crippen molar-refractivity contribution in [1.29, 1.82) is 5.26 Å². The van der Waals surface area contributed by atoms with Crippen LogP contribution in [0, 0.1) is 28.6 Å². The molecule has 3 aromatic heterocycles. The number of pyridine rings is 2. The number of fused-ring (bicyclic) bond motifs is 1. The normalized spacial score (nSPS) is 16.5. The second kappa shape index (κ2) is 10.8. The molecule has 0 saturated carbocycles. The Hall–Kier alpha value is -2.87. The number of aryl methyl sites for hydroxylation is 1. The highest BCUT2D eigenvalue weighted by atomic mass is 15.2. The summed E-state index contributed by atoms with van der Waals surface area (Å²) in [5, 5.41) is 14.1. The zero-order valence-electron chi connectivity index (χ0n) is 22.2. The third-order valence-electron chi connectivity index (χ3n) is 8.23. The van der Waals surface area contributed by atoms with Crippen molar-refractivity contribution >= 4 is 11.3 Å². The lowest BCUT2D eigenvalue weighted by atomic mass is 9.70. The lowest BCUT2D eigenvalue weighted by Gasteiger charge is -2.43. The molecule has 0 aliphatic carbocycles. The fraction of sp³-hybridized carbons (Fsp3) is 0.567. The molecule has 0 aromatic carbocycles. The van der Waals surface area contributed by atoms with E-state index in [1.165, 1.54) is 37.7 Å². The maximum atomic E-state index is 9.66. The summed E-state index contributed by atoms with van der Waals surface area (Å²) in [5.74, 6) is 2.50. The smallest absolute Gasteiger partial charge is 0.128 e. The van der Waals surface area contributed by atoms with Gasteiger partial charge in [-0.25, -0.2) is 9.50 Å². The fourth-order valence-corrected chi connectivity index (χ4v) is 5.60. The van der Waals surface area contributed by atoms with Gasteiger partial charge in [-0.1, -0.05) is 47.5 Å². The second-order valence-electron chi connectivity index (χ2n) is 11.1. The molecule has 0 amide bonds. The average Bonchev–Trinajstić information content (AvgIpc) is 3.30. The SMILES string of the molecule is CCC(C)CC1(CC)CCN(c2ccc(-c3cc(CCC(C)C)cn4ncc(C#N)c34)cn2)CC1.